The van der Waals surface area contributed by atoms with E-state index in [1.54, 1.807) is 0 Å². The molecule has 1 atom stereocenters. The van der Waals surface area contributed by atoms with Crippen molar-refractivity contribution < 1.29 is 9.59 Å². The van der Waals surface area contributed by atoms with Crippen LogP contribution in [0, 0.1) is 29.1 Å². The fourth-order valence-corrected chi connectivity index (χ4v) is 6.36. The lowest BCUT2D eigenvalue weighted by Crippen LogP contribution is -2.58. The molecule has 1 aliphatic heterocycles. The normalized spacial score (nSPS) is 34.4. The van der Waals surface area contributed by atoms with Crippen LogP contribution in [0.3, 0.4) is 0 Å². The van der Waals surface area contributed by atoms with E-state index >= 15 is 0 Å². The Balaban J connectivity index is 0.00000225. The van der Waals surface area contributed by atoms with Crippen LogP contribution in [0.15, 0.2) is 11.6 Å². The topological polar surface area (TPSA) is 70.2 Å². The summed E-state index contributed by atoms with van der Waals surface area (Å²) in [7, 11) is 0. The summed E-state index contributed by atoms with van der Waals surface area (Å²) < 4.78 is 0. The summed E-state index contributed by atoms with van der Waals surface area (Å²) in [5.74, 6) is 2.41. The second kappa shape index (κ2) is 8.74. The molecule has 6 heteroatoms. The van der Waals surface area contributed by atoms with Gasteiger partial charge >= 0.3 is 0 Å². The third-order valence-corrected chi connectivity index (χ3v) is 7.40. The highest BCUT2D eigenvalue weighted by atomic mass is 35.5. The first-order valence-corrected chi connectivity index (χ1v) is 10.9. The number of hydrogen-bond donors (Lipinski definition) is 3. The molecule has 5 aliphatic rings. The van der Waals surface area contributed by atoms with Crippen molar-refractivity contribution in [3.63, 3.8) is 0 Å². The van der Waals surface area contributed by atoms with E-state index in [1.807, 2.05) is 13.8 Å². The van der Waals surface area contributed by atoms with E-state index in [0.717, 1.165) is 56.5 Å². The summed E-state index contributed by atoms with van der Waals surface area (Å²) in [4.78, 5) is 26.1. The molecule has 5 rings (SSSR count). The lowest BCUT2D eigenvalue weighted by Gasteiger charge is -2.55. The molecular weight excluding hydrogens is 374 g/mol. The molecule has 0 aromatic rings. The van der Waals surface area contributed by atoms with Gasteiger partial charge in [0.15, 0.2) is 0 Å². The molecule has 28 heavy (non-hydrogen) atoms. The Bertz CT molecular complexity index is 596. The predicted molar refractivity (Wildman–Crippen MR) is 113 cm³/mol. The first-order chi connectivity index (χ1) is 12.9. The molecule has 4 bridgehead atoms. The Labute approximate surface area is 175 Å². The van der Waals surface area contributed by atoms with E-state index in [4.69, 9.17) is 0 Å². The minimum Gasteiger partial charge on any atom is -0.351 e. The molecule has 0 saturated heterocycles. The summed E-state index contributed by atoms with van der Waals surface area (Å²) in [6.45, 7) is 6.48. The lowest BCUT2D eigenvalue weighted by molar-refractivity contribution is -0.149. The first-order valence-electron chi connectivity index (χ1n) is 10.9. The molecule has 2 amide bonds. The van der Waals surface area contributed by atoms with Crippen LogP contribution in [-0.2, 0) is 9.59 Å². The van der Waals surface area contributed by atoms with Crippen molar-refractivity contribution >= 4 is 24.2 Å². The van der Waals surface area contributed by atoms with Gasteiger partial charge < -0.3 is 16.0 Å². The van der Waals surface area contributed by atoms with Crippen LogP contribution in [0.1, 0.15) is 58.8 Å². The Morgan fingerprint density at radius 3 is 2.25 bits per heavy atom. The number of amides is 2. The van der Waals surface area contributed by atoms with Gasteiger partial charge in [0.25, 0.3) is 0 Å². The number of nitrogens with one attached hydrogen (secondary N) is 3. The molecule has 0 aromatic carbocycles. The van der Waals surface area contributed by atoms with Gasteiger partial charge in [-0.25, -0.2) is 0 Å². The number of carbonyl (C=O) groups is 2. The number of carbonyl (C=O) groups excluding carboxylic acids is 2. The largest absolute Gasteiger partial charge is 0.351 e. The van der Waals surface area contributed by atoms with E-state index in [0.29, 0.717) is 6.54 Å². The summed E-state index contributed by atoms with van der Waals surface area (Å²) in [6.07, 6.45) is 10.2. The maximum absolute atomic E-state index is 13.3. The Kier molecular flexibility index (Phi) is 6.76. The lowest BCUT2D eigenvalue weighted by atomic mass is 9.49. The zero-order chi connectivity index (χ0) is 19.0. The fraction of sp³-hybridized carbons (Fsp3) is 0.818. The van der Waals surface area contributed by atoms with Gasteiger partial charge in [0, 0.05) is 18.5 Å². The zero-order valence-electron chi connectivity index (χ0n) is 17.3. The number of halogens is 1. The van der Waals surface area contributed by atoms with Crippen molar-refractivity contribution in [3.8, 4) is 0 Å². The third-order valence-electron chi connectivity index (χ3n) is 7.40. The van der Waals surface area contributed by atoms with Gasteiger partial charge in [-0.1, -0.05) is 25.5 Å². The maximum Gasteiger partial charge on any atom is 0.243 e. The molecule has 1 unspecified atom stereocenters. The van der Waals surface area contributed by atoms with Crippen LogP contribution in [0.25, 0.3) is 0 Å². The van der Waals surface area contributed by atoms with Crippen LogP contribution in [0.5, 0.6) is 0 Å². The smallest absolute Gasteiger partial charge is 0.243 e. The minimum atomic E-state index is -0.437. The van der Waals surface area contributed by atoms with Crippen molar-refractivity contribution in [2.24, 2.45) is 29.1 Å². The third kappa shape index (κ3) is 4.40. The van der Waals surface area contributed by atoms with Crippen molar-refractivity contribution in [1.29, 1.82) is 0 Å². The van der Waals surface area contributed by atoms with Crippen LogP contribution in [0.4, 0.5) is 0 Å². The average molecular weight is 410 g/mol. The van der Waals surface area contributed by atoms with Crippen molar-refractivity contribution in [2.75, 3.05) is 19.6 Å². The Hall–Kier alpha value is -1.07. The second-order valence-corrected chi connectivity index (χ2v) is 9.93. The minimum absolute atomic E-state index is 0. The standard InChI is InChI=1S/C22H35N3O2.ClH/c1-14(2)19(20(26)24-13-15-3-5-23-6-4-15)25-21(27)22-10-16-7-17(11-22)9-18(8-16)12-22;/h3,14,16-19,23H,4-13H2,1-2H3,(H,24,26)(H,25,27);1H. The van der Waals surface area contributed by atoms with Gasteiger partial charge in [0.05, 0.1) is 0 Å². The predicted octanol–water partition coefficient (Wildman–Crippen LogP) is 2.80. The molecule has 0 radical (unpaired) electrons. The molecule has 5 nitrogen and oxygen atoms in total. The quantitative estimate of drug-likeness (QED) is 0.591. The molecule has 4 fully saturated rings. The van der Waals surface area contributed by atoms with Crippen molar-refractivity contribution in [1.82, 2.24) is 16.0 Å². The Morgan fingerprint density at radius 2 is 1.75 bits per heavy atom. The molecule has 0 spiro atoms. The van der Waals surface area contributed by atoms with E-state index < -0.39 is 6.04 Å². The molecule has 1 heterocycles. The van der Waals surface area contributed by atoms with E-state index in [1.165, 1.54) is 24.8 Å². The van der Waals surface area contributed by atoms with E-state index in [9.17, 15) is 9.59 Å². The summed E-state index contributed by atoms with van der Waals surface area (Å²) in [5.41, 5.74) is 1.08. The summed E-state index contributed by atoms with van der Waals surface area (Å²) in [6, 6.07) is -0.437. The molecule has 4 saturated carbocycles. The van der Waals surface area contributed by atoms with Gasteiger partial charge in [-0.3, -0.25) is 9.59 Å². The second-order valence-electron chi connectivity index (χ2n) is 9.93. The van der Waals surface area contributed by atoms with Gasteiger partial charge in [0.2, 0.25) is 11.8 Å². The molecular formula is C22H36ClN3O2. The van der Waals surface area contributed by atoms with Crippen LogP contribution in [0.2, 0.25) is 0 Å². The fourth-order valence-electron chi connectivity index (χ4n) is 6.36. The molecule has 0 aromatic heterocycles. The molecule has 158 valence electrons. The highest BCUT2D eigenvalue weighted by Gasteiger charge is 2.55. The van der Waals surface area contributed by atoms with Gasteiger partial charge in [-0.2, -0.15) is 0 Å². The van der Waals surface area contributed by atoms with Gasteiger partial charge in [-0.05, 0) is 75.2 Å². The summed E-state index contributed by atoms with van der Waals surface area (Å²) in [5, 5.41) is 9.53. The molecule has 4 aliphatic carbocycles. The van der Waals surface area contributed by atoms with E-state index in [-0.39, 0.29) is 35.6 Å². The van der Waals surface area contributed by atoms with Crippen LogP contribution >= 0.6 is 12.4 Å². The monoisotopic (exact) mass is 409 g/mol. The summed E-state index contributed by atoms with van der Waals surface area (Å²) >= 11 is 0. The van der Waals surface area contributed by atoms with Gasteiger partial charge in [-0.15, -0.1) is 12.4 Å². The molecule has 3 N–H and O–H groups in total. The zero-order valence-corrected chi connectivity index (χ0v) is 18.1. The van der Waals surface area contributed by atoms with Crippen molar-refractivity contribution in [3.05, 3.63) is 11.6 Å². The highest BCUT2D eigenvalue weighted by molar-refractivity contribution is 5.90. The Morgan fingerprint density at radius 1 is 1.14 bits per heavy atom. The average Bonchev–Trinajstić information content (AvgIpc) is 2.63. The highest BCUT2D eigenvalue weighted by Crippen LogP contribution is 2.60. The van der Waals surface area contributed by atoms with Crippen LogP contribution in [-0.4, -0.2) is 37.5 Å². The first kappa shape index (κ1) is 21.6. The van der Waals surface area contributed by atoms with E-state index in [2.05, 4.69) is 22.0 Å². The number of hydrogen-bond acceptors (Lipinski definition) is 3. The van der Waals surface area contributed by atoms with Crippen molar-refractivity contribution in [2.45, 2.75) is 64.8 Å². The van der Waals surface area contributed by atoms with Gasteiger partial charge in [0.1, 0.15) is 6.04 Å². The van der Waals surface area contributed by atoms with Crippen LogP contribution < -0.4 is 16.0 Å². The SMILES string of the molecule is CC(C)C(NC(=O)C12CC3CC(CC(C3)C1)C2)C(=O)NCC1=CCNCC1.Cl. The number of rotatable bonds is 6. The maximum atomic E-state index is 13.3.